The third-order valence-corrected chi connectivity index (χ3v) is 1.90. The highest BCUT2D eigenvalue weighted by molar-refractivity contribution is 5.85. The Morgan fingerprint density at radius 1 is 0.947 bits per heavy atom. The van der Waals surface area contributed by atoms with Crippen LogP contribution in [0.3, 0.4) is 0 Å². The van der Waals surface area contributed by atoms with Crippen LogP contribution in [-0.2, 0) is 0 Å². The molecular formula is C15H20N2O2. The van der Waals surface area contributed by atoms with Gasteiger partial charge in [0.25, 0.3) is 0 Å². The van der Waals surface area contributed by atoms with Crippen molar-refractivity contribution in [1.29, 1.82) is 0 Å². The van der Waals surface area contributed by atoms with E-state index in [-0.39, 0.29) is 5.69 Å². The van der Waals surface area contributed by atoms with Gasteiger partial charge < -0.3 is 5.11 Å². The van der Waals surface area contributed by atoms with Gasteiger partial charge in [0, 0.05) is 6.20 Å². The number of carbonyl (C=O) groups is 1. The van der Waals surface area contributed by atoms with E-state index in [1.54, 1.807) is 30.5 Å². The lowest BCUT2D eigenvalue weighted by molar-refractivity contribution is 0.0690. The number of carboxylic acids is 1. The van der Waals surface area contributed by atoms with Crippen molar-refractivity contribution in [2.24, 2.45) is 0 Å². The molecule has 0 bridgehead atoms. The van der Waals surface area contributed by atoms with Crippen LogP contribution in [0.15, 0.2) is 42.6 Å². The number of carboxylic acid groups (broad SMARTS) is 1. The van der Waals surface area contributed by atoms with E-state index in [0.717, 1.165) is 0 Å². The second-order valence-corrected chi connectivity index (χ2v) is 2.93. The minimum absolute atomic E-state index is 0.0261. The SMILES string of the molecule is CC.CC.O=C(O)c1cccc(-c2ccccn2)n1. The molecule has 0 spiro atoms. The Balaban J connectivity index is 0.000000741. The predicted molar refractivity (Wildman–Crippen MR) is 77.1 cm³/mol. The van der Waals surface area contributed by atoms with E-state index in [4.69, 9.17) is 5.11 Å². The van der Waals surface area contributed by atoms with E-state index in [2.05, 4.69) is 9.97 Å². The summed E-state index contributed by atoms with van der Waals surface area (Å²) in [5, 5.41) is 8.77. The number of aromatic carboxylic acids is 1. The summed E-state index contributed by atoms with van der Waals surface area (Å²) >= 11 is 0. The first-order chi connectivity index (χ1) is 9.27. The van der Waals surface area contributed by atoms with E-state index >= 15 is 0 Å². The fraction of sp³-hybridized carbons (Fsp3) is 0.267. The van der Waals surface area contributed by atoms with Crippen molar-refractivity contribution in [2.75, 3.05) is 0 Å². The number of aromatic nitrogens is 2. The first kappa shape index (κ1) is 16.8. The fourth-order valence-electron chi connectivity index (χ4n) is 1.21. The lowest BCUT2D eigenvalue weighted by atomic mass is 10.2. The lowest BCUT2D eigenvalue weighted by Gasteiger charge is -2.00. The smallest absolute Gasteiger partial charge is 0.354 e. The standard InChI is InChI=1S/C11H8N2O2.2C2H6/c14-11(15)10-6-3-5-9(13-10)8-4-1-2-7-12-8;2*1-2/h1-7H,(H,14,15);2*1-2H3. The van der Waals surface area contributed by atoms with Crippen molar-refractivity contribution >= 4 is 5.97 Å². The van der Waals surface area contributed by atoms with Crippen LogP contribution in [-0.4, -0.2) is 21.0 Å². The maximum atomic E-state index is 10.7. The summed E-state index contributed by atoms with van der Waals surface area (Å²) in [6.07, 6.45) is 1.64. The predicted octanol–water partition coefficient (Wildman–Crippen LogP) is 3.89. The zero-order valence-electron chi connectivity index (χ0n) is 11.8. The molecule has 102 valence electrons. The number of nitrogens with zero attached hydrogens (tertiary/aromatic N) is 2. The van der Waals surface area contributed by atoms with Gasteiger partial charge in [-0.2, -0.15) is 0 Å². The van der Waals surface area contributed by atoms with Crippen LogP contribution in [0.4, 0.5) is 0 Å². The van der Waals surface area contributed by atoms with Crippen LogP contribution in [0.5, 0.6) is 0 Å². The molecule has 0 aliphatic carbocycles. The summed E-state index contributed by atoms with van der Waals surface area (Å²) in [7, 11) is 0. The van der Waals surface area contributed by atoms with Crippen molar-refractivity contribution in [2.45, 2.75) is 27.7 Å². The minimum Gasteiger partial charge on any atom is -0.477 e. The van der Waals surface area contributed by atoms with Crippen LogP contribution in [0.25, 0.3) is 11.4 Å². The van der Waals surface area contributed by atoms with Crippen molar-refractivity contribution < 1.29 is 9.90 Å². The number of rotatable bonds is 2. The maximum Gasteiger partial charge on any atom is 0.354 e. The first-order valence-corrected chi connectivity index (χ1v) is 6.39. The highest BCUT2D eigenvalue weighted by Crippen LogP contribution is 2.13. The van der Waals surface area contributed by atoms with Gasteiger partial charge in [0.05, 0.1) is 11.4 Å². The monoisotopic (exact) mass is 260 g/mol. The van der Waals surface area contributed by atoms with Crippen LogP contribution in [0, 0.1) is 0 Å². The van der Waals surface area contributed by atoms with Gasteiger partial charge in [0.15, 0.2) is 0 Å². The first-order valence-electron chi connectivity index (χ1n) is 6.39. The Labute approximate surface area is 114 Å². The van der Waals surface area contributed by atoms with Crippen LogP contribution >= 0.6 is 0 Å². The van der Waals surface area contributed by atoms with Crippen molar-refractivity contribution in [3.63, 3.8) is 0 Å². The van der Waals surface area contributed by atoms with Crippen molar-refractivity contribution in [3.8, 4) is 11.4 Å². The van der Waals surface area contributed by atoms with Gasteiger partial charge in [-0.1, -0.05) is 39.8 Å². The Morgan fingerprint density at radius 2 is 1.58 bits per heavy atom. The average Bonchev–Trinajstić information content (AvgIpc) is 2.52. The molecule has 2 rings (SSSR count). The normalized spacial score (nSPS) is 8.42. The molecule has 0 atom stereocenters. The molecular weight excluding hydrogens is 240 g/mol. The number of pyridine rings is 2. The molecule has 2 aromatic rings. The summed E-state index contributed by atoms with van der Waals surface area (Å²) in [4.78, 5) is 18.8. The molecule has 0 aliphatic rings. The molecule has 0 unspecified atom stereocenters. The third-order valence-electron chi connectivity index (χ3n) is 1.90. The molecule has 4 nitrogen and oxygen atoms in total. The van der Waals surface area contributed by atoms with Gasteiger partial charge >= 0.3 is 5.97 Å². The zero-order chi connectivity index (χ0) is 14.7. The van der Waals surface area contributed by atoms with Gasteiger partial charge in [0.2, 0.25) is 0 Å². The van der Waals surface area contributed by atoms with Gasteiger partial charge in [-0.25, -0.2) is 9.78 Å². The van der Waals surface area contributed by atoms with E-state index in [9.17, 15) is 4.79 Å². The second kappa shape index (κ2) is 9.76. The van der Waals surface area contributed by atoms with Gasteiger partial charge in [-0.3, -0.25) is 4.98 Å². The van der Waals surface area contributed by atoms with E-state index in [1.165, 1.54) is 6.07 Å². The number of hydrogen-bond donors (Lipinski definition) is 1. The van der Waals surface area contributed by atoms with Crippen LogP contribution in [0.2, 0.25) is 0 Å². The molecule has 4 heteroatoms. The Hall–Kier alpha value is -2.23. The molecule has 2 aromatic heterocycles. The van der Waals surface area contributed by atoms with E-state index in [0.29, 0.717) is 11.4 Å². The Kier molecular flexibility index (Phi) is 8.62. The highest BCUT2D eigenvalue weighted by atomic mass is 16.4. The average molecular weight is 260 g/mol. The number of hydrogen-bond acceptors (Lipinski definition) is 3. The molecule has 0 saturated carbocycles. The topological polar surface area (TPSA) is 63.1 Å². The molecule has 0 aliphatic heterocycles. The Bertz CT molecular complexity index is 485. The second-order valence-electron chi connectivity index (χ2n) is 2.93. The molecule has 19 heavy (non-hydrogen) atoms. The minimum atomic E-state index is -1.03. The van der Waals surface area contributed by atoms with E-state index in [1.807, 2.05) is 33.8 Å². The quantitative estimate of drug-likeness (QED) is 0.889. The Morgan fingerprint density at radius 3 is 2.11 bits per heavy atom. The molecule has 0 fully saturated rings. The summed E-state index contributed by atoms with van der Waals surface area (Å²) < 4.78 is 0. The van der Waals surface area contributed by atoms with Gasteiger partial charge in [0.1, 0.15) is 5.69 Å². The molecule has 0 saturated heterocycles. The van der Waals surface area contributed by atoms with Gasteiger partial charge in [-0.05, 0) is 24.3 Å². The molecule has 1 N–H and O–H groups in total. The summed E-state index contributed by atoms with van der Waals surface area (Å²) in [6, 6.07) is 10.2. The summed E-state index contributed by atoms with van der Waals surface area (Å²) in [6.45, 7) is 8.00. The van der Waals surface area contributed by atoms with E-state index < -0.39 is 5.97 Å². The van der Waals surface area contributed by atoms with Gasteiger partial charge in [-0.15, -0.1) is 0 Å². The molecule has 0 radical (unpaired) electrons. The largest absolute Gasteiger partial charge is 0.477 e. The van der Waals surface area contributed by atoms with Crippen molar-refractivity contribution in [3.05, 3.63) is 48.3 Å². The van der Waals surface area contributed by atoms with Crippen LogP contribution < -0.4 is 0 Å². The molecule has 0 aromatic carbocycles. The zero-order valence-corrected chi connectivity index (χ0v) is 11.8. The molecule has 2 heterocycles. The molecule has 0 amide bonds. The summed E-state index contributed by atoms with van der Waals surface area (Å²) in [5.41, 5.74) is 1.26. The highest BCUT2D eigenvalue weighted by Gasteiger charge is 2.06. The lowest BCUT2D eigenvalue weighted by Crippen LogP contribution is -2.00. The summed E-state index contributed by atoms with van der Waals surface area (Å²) in [5.74, 6) is -1.03. The maximum absolute atomic E-state index is 10.7. The van der Waals surface area contributed by atoms with Crippen LogP contribution in [0.1, 0.15) is 38.2 Å². The fourth-order valence-corrected chi connectivity index (χ4v) is 1.21. The van der Waals surface area contributed by atoms with Crippen molar-refractivity contribution in [1.82, 2.24) is 9.97 Å². The third kappa shape index (κ3) is 5.29.